The van der Waals surface area contributed by atoms with Gasteiger partial charge in [0.15, 0.2) is 0 Å². The van der Waals surface area contributed by atoms with Crippen molar-refractivity contribution in [2.24, 2.45) is 0 Å². The van der Waals surface area contributed by atoms with Crippen LogP contribution in [0.25, 0.3) is 75.1 Å². The first kappa shape index (κ1) is 44.4. The van der Waals surface area contributed by atoms with Crippen molar-refractivity contribution in [3.05, 3.63) is 291 Å². The number of hydrogen-bond donors (Lipinski definition) is 0. The van der Waals surface area contributed by atoms with Gasteiger partial charge in [-0.15, -0.1) is 22.7 Å². The Hall–Kier alpha value is -8.80. The Morgan fingerprint density at radius 1 is 0.153 bits per heavy atom. The van der Waals surface area contributed by atoms with Gasteiger partial charge in [-0.25, -0.2) is 0 Å². The van der Waals surface area contributed by atoms with E-state index < -0.39 is 0 Å². The molecule has 12 rings (SSSR count). The highest BCUT2D eigenvalue weighted by Crippen LogP contribution is 2.42. The van der Waals surface area contributed by atoms with E-state index in [2.05, 4.69) is 301 Å². The van der Waals surface area contributed by atoms with Crippen LogP contribution in [0.15, 0.2) is 291 Å². The van der Waals surface area contributed by atoms with Gasteiger partial charge >= 0.3 is 0 Å². The molecule has 4 heteroatoms. The number of anilines is 6. The molecule has 0 radical (unpaired) electrons. The Labute approximate surface area is 430 Å². The van der Waals surface area contributed by atoms with Gasteiger partial charge < -0.3 is 9.80 Å². The number of benzene rings is 10. The van der Waals surface area contributed by atoms with E-state index in [0.717, 1.165) is 45.3 Å². The van der Waals surface area contributed by atoms with Crippen LogP contribution >= 0.6 is 22.7 Å². The molecule has 0 saturated heterocycles. The molecule has 342 valence electrons. The molecule has 0 aliphatic carbocycles. The summed E-state index contributed by atoms with van der Waals surface area (Å²) in [4.78, 5) is 9.75. The third-order valence-corrected chi connectivity index (χ3v) is 15.6. The number of nitrogens with zero attached hydrogens (tertiary/aromatic N) is 2. The molecule has 0 aliphatic heterocycles. The lowest BCUT2D eigenvalue weighted by Gasteiger charge is -2.27. The second kappa shape index (κ2) is 20.3. The molecule has 72 heavy (non-hydrogen) atoms. The molecule has 2 nitrogen and oxygen atoms in total. The average molecular weight is 957 g/mol. The summed E-state index contributed by atoms with van der Waals surface area (Å²) in [5.41, 5.74) is 18.6. The van der Waals surface area contributed by atoms with Gasteiger partial charge in [-0.05, 0) is 153 Å². The first-order valence-electron chi connectivity index (χ1n) is 24.3. The normalized spacial score (nSPS) is 11.1. The second-order valence-corrected chi connectivity index (χ2v) is 19.9. The Morgan fingerprint density at radius 3 is 0.542 bits per heavy atom. The molecule has 0 spiro atoms. The van der Waals surface area contributed by atoms with Crippen LogP contribution in [0, 0.1) is 0 Å². The Morgan fingerprint density at radius 2 is 0.319 bits per heavy atom. The van der Waals surface area contributed by atoms with E-state index in [-0.39, 0.29) is 0 Å². The maximum atomic E-state index is 2.36. The predicted octanol–water partition coefficient (Wildman–Crippen LogP) is 20.4. The van der Waals surface area contributed by atoms with Gasteiger partial charge in [-0.3, -0.25) is 0 Å². The molecule has 0 N–H and O–H groups in total. The second-order valence-electron chi connectivity index (χ2n) is 17.7. The molecule has 12 aromatic rings. The first-order chi connectivity index (χ1) is 35.7. The molecular weight excluding hydrogens is 909 g/mol. The highest BCUT2D eigenvalue weighted by Gasteiger charge is 2.17. The highest BCUT2D eigenvalue weighted by molar-refractivity contribution is 7.19. The van der Waals surface area contributed by atoms with E-state index in [1.807, 2.05) is 22.7 Å². The summed E-state index contributed by atoms with van der Waals surface area (Å²) in [5, 5.41) is 0. The van der Waals surface area contributed by atoms with E-state index in [1.165, 1.54) is 64.0 Å². The van der Waals surface area contributed by atoms with Crippen molar-refractivity contribution in [1.82, 2.24) is 0 Å². The third kappa shape index (κ3) is 9.45. The van der Waals surface area contributed by atoms with Crippen LogP contribution in [-0.4, -0.2) is 0 Å². The van der Waals surface area contributed by atoms with Crippen LogP contribution in [0.5, 0.6) is 0 Å². The minimum Gasteiger partial charge on any atom is -0.311 e. The van der Waals surface area contributed by atoms with E-state index in [9.17, 15) is 0 Å². The number of rotatable bonds is 13. The predicted molar refractivity (Wildman–Crippen MR) is 310 cm³/mol. The molecule has 0 aliphatic rings. The van der Waals surface area contributed by atoms with Crippen molar-refractivity contribution in [2.45, 2.75) is 0 Å². The van der Waals surface area contributed by atoms with Crippen LogP contribution in [0.3, 0.4) is 0 Å². The summed E-state index contributed by atoms with van der Waals surface area (Å²) in [5.74, 6) is 0. The molecule has 0 fully saturated rings. The van der Waals surface area contributed by atoms with Gasteiger partial charge in [0.05, 0.1) is 0 Å². The molecule has 0 unspecified atom stereocenters. The van der Waals surface area contributed by atoms with Gasteiger partial charge in [0.1, 0.15) is 0 Å². The molecule has 2 heterocycles. The number of hydrogen-bond acceptors (Lipinski definition) is 4. The Balaban J connectivity index is 0.848. The van der Waals surface area contributed by atoms with E-state index in [4.69, 9.17) is 0 Å². The summed E-state index contributed by atoms with van der Waals surface area (Å²) in [6.07, 6.45) is 0. The highest BCUT2D eigenvalue weighted by atomic mass is 32.1. The van der Waals surface area contributed by atoms with Gasteiger partial charge in [0.2, 0.25) is 0 Å². The summed E-state index contributed by atoms with van der Waals surface area (Å²) in [6.45, 7) is 0. The minimum atomic E-state index is 1.09. The maximum absolute atomic E-state index is 2.36. The monoisotopic (exact) mass is 956 g/mol. The molecule has 10 aromatic carbocycles. The Kier molecular flexibility index (Phi) is 12.5. The maximum Gasteiger partial charge on any atom is 0.0462 e. The van der Waals surface area contributed by atoms with Crippen molar-refractivity contribution >= 4 is 56.8 Å². The number of thiophene rings is 2. The van der Waals surface area contributed by atoms with Gasteiger partial charge in [0, 0.05) is 53.6 Å². The fourth-order valence-electron chi connectivity index (χ4n) is 9.42. The van der Waals surface area contributed by atoms with Gasteiger partial charge in [-0.1, -0.05) is 194 Å². The molecule has 0 saturated carbocycles. The zero-order chi connectivity index (χ0) is 48.1. The molecule has 0 amide bonds. The van der Waals surface area contributed by atoms with Crippen molar-refractivity contribution < 1.29 is 0 Å². The van der Waals surface area contributed by atoms with Crippen molar-refractivity contribution in [1.29, 1.82) is 0 Å². The lowest BCUT2D eigenvalue weighted by atomic mass is 10.0. The quantitative estimate of drug-likeness (QED) is 0.114. The molecule has 0 atom stereocenters. The summed E-state index contributed by atoms with van der Waals surface area (Å²) >= 11 is 3.66. The molecular formula is C68H48N2S2. The fourth-order valence-corrected chi connectivity index (χ4v) is 11.5. The Bertz CT molecular complexity index is 3460. The van der Waals surface area contributed by atoms with E-state index >= 15 is 0 Å². The smallest absolute Gasteiger partial charge is 0.0462 e. The van der Waals surface area contributed by atoms with Crippen molar-refractivity contribution in [3.63, 3.8) is 0 Å². The summed E-state index contributed by atoms with van der Waals surface area (Å²) in [6, 6.07) is 105. The van der Waals surface area contributed by atoms with Crippen molar-refractivity contribution in [3.8, 4) is 75.1 Å². The summed E-state index contributed by atoms with van der Waals surface area (Å²) < 4.78 is 0. The lowest BCUT2D eigenvalue weighted by Crippen LogP contribution is -2.10. The SMILES string of the molecule is c1ccc(-c2ccc(N(c3ccc(-c4ccccc4)cc3)c3ccc(-c4ccc(N(c5ccc(-c6ccc(-c7ccccc7)s6)cc5)c5ccc(-c6ccc(-c7ccccc7)s6)cc5)cc4)cc3)cc2)cc1. The average Bonchev–Trinajstić information content (AvgIpc) is 4.18. The van der Waals surface area contributed by atoms with E-state index in [1.54, 1.807) is 0 Å². The minimum absolute atomic E-state index is 1.09. The summed E-state index contributed by atoms with van der Waals surface area (Å²) in [7, 11) is 0. The van der Waals surface area contributed by atoms with Gasteiger partial charge in [-0.2, -0.15) is 0 Å². The molecule has 0 bridgehead atoms. The van der Waals surface area contributed by atoms with Crippen LogP contribution in [0.1, 0.15) is 0 Å². The lowest BCUT2D eigenvalue weighted by molar-refractivity contribution is 1.28. The van der Waals surface area contributed by atoms with Crippen LogP contribution in [0.2, 0.25) is 0 Å². The van der Waals surface area contributed by atoms with Crippen LogP contribution in [-0.2, 0) is 0 Å². The fraction of sp³-hybridized carbons (Fsp3) is 0. The van der Waals surface area contributed by atoms with Crippen molar-refractivity contribution in [2.75, 3.05) is 9.80 Å². The first-order valence-corrected chi connectivity index (χ1v) is 25.9. The third-order valence-electron chi connectivity index (χ3n) is 13.2. The zero-order valence-electron chi connectivity index (χ0n) is 39.4. The zero-order valence-corrected chi connectivity index (χ0v) is 41.1. The van der Waals surface area contributed by atoms with E-state index in [0.29, 0.717) is 0 Å². The largest absolute Gasteiger partial charge is 0.311 e. The standard InChI is InChI=1S/C68H48N2S2/c1-5-13-49(14-6-1)51-21-33-59(34-22-51)69(60-35-23-52(24-36-60)50-15-7-2-8-16-50)61-37-25-53(26-38-61)54-27-39-62(40-28-54)70(63-41-29-57(30-42-63)67-47-45-65(71-67)55-17-9-3-10-18-55)64-43-31-58(32-44-64)68-48-46-66(72-68)56-19-11-4-12-20-56/h1-48H. The van der Waals surface area contributed by atoms with Crippen LogP contribution < -0.4 is 9.80 Å². The topological polar surface area (TPSA) is 6.48 Å². The van der Waals surface area contributed by atoms with Crippen LogP contribution in [0.4, 0.5) is 34.1 Å². The van der Waals surface area contributed by atoms with Gasteiger partial charge in [0.25, 0.3) is 0 Å². The molecule has 2 aromatic heterocycles.